The van der Waals surface area contributed by atoms with Crippen LogP contribution in [0.15, 0.2) is 12.2 Å². The second-order valence-corrected chi connectivity index (χ2v) is 3.95. The molecule has 0 aromatic carbocycles. The minimum absolute atomic E-state index is 0.00710. The summed E-state index contributed by atoms with van der Waals surface area (Å²) in [5.41, 5.74) is 0.00710. The van der Waals surface area contributed by atoms with Gasteiger partial charge in [0.15, 0.2) is 0 Å². The van der Waals surface area contributed by atoms with Crippen molar-refractivity contribution in [3.8, 4) is 0 Å². The van der Waals surface area contributed by atoms with E-state index in [1.165, 1.54) is 6.92 Å². The predicted octanol–water partition coefficient (Wildman–Crippen LogP) is 1.17. The first-order chi connectivity index (χ1) is 6.39. The first-order valence-corrected chi connectivity index (χ1v) is 5.51. The fourth-order valence-corrected chi connectivity index (χ4v) is 1.19. The largest absolute Gasteiger partial charge is 0.451 e. The van der Waals surface area contributed by atoms with Gasteiger partial charge in [-0.3, -0.25) is 0 Å². The van der Waals surface area contributed by atoms with Gasteiger partial charge in [0.05, 0.1) is 6.61 Å². The summed E-state index contributed by atoms with van der Waals surface area (Å²) in [6, 6.07) is 0. The molecular formula is C8H14O5S. The zero-order chi connectivity index (χ0) is 11.2. The Labute approximate surface area is 84.0 Å². The van der Waals surface area contributed by atoms with Crippen molar-refractivity contribution in [1.29, 1.82) is 0 Å². The molecule has 82 valence electrons. The number of hydrogen-bond donors (Lipinski definition) is 0. The Balaban J connectivity index is 4.08. The standard InChI is InChI=1S/C8H14O5S/c1-4-5-6-12-14(10,11)13-8(9)7(2)3/h2,4-6H2,1,3H3. The number of unbranched alkanes of at least 4 members (excludes halogenated alkanes) is 1. The Hall–Kier alpha value is -0.880. The lowest BCUT2D eigenvalue weighted by atomic mass is 10.4. The maximum atomic E-state index is 10.9. The summed E-state index contributed by atoms with van der Waals surface area (Å²) >= 11 is 0. The number of hydrogen-bond acceptors (Lipinski definition) is 5. The molecule has 0 aliphatic carbocycles. The van der Waals surface area contributed by atoms with Gasteiger partial charge in [0, 0.05) is 5.57 Å². The fraction of sp³-hybridized carbons (Fsp3) is 0.625. The lowest BCUT2D eigenvalue weighted by Gasteiger charge is -2.04. The highest BCUT2D eigenvalue weighted by Crippen LogP contribution is 2.02. The summed E-state index contributed by atoms with van der Waals surface area (Å²) < 4.78 is 30.3. The Morgan fingerprint density at radius 3 is 2.43 bits per heavy atom. The molecule has 0 atom stereocenters. The van der Waals surface area contributed by atoms with Crippen molar-refractivity contribution in [2.45, 2.75) is 26.7 Å². The molecule has 0 saturated heterocycles. The third kappa shape index (κ3) is 5.71. The molecule has 0 spiro atoms. The highest BCUT2D eigenvalue weighted by atomic mass is 32.3. The van der Waals surface area contributed by atoms with Gasteiger partial charge >= 0.3 is 16.4 Å². The van der Waals surface area contributed by atoms with Crippen LogP contribution in [0.5, 0.6) is 0 Å². The molecule has 6 heteroatoms. The minimum Gasteiger partial charge on any atom is -0.320 e. The monoisotopic (exact) mass is 222 g/mol. The molecule has 5 nitrogen and oxygen atoms in total. The molecule has 0 fully saturated rings. The molecular weight excluding hydrogens is 208 g/mol. The summed E-state index contributed by atoms with van der Waals surface area (Å²) in [5.74, 6) is -0.999. The molecule has 0 aromatic heterocycles. The van der Waals surface area contributed by atoms with Crippen LogP contribution >= 0.6 is 0 Å². The van der Waals surface area contributed by atoms with Gasteiger partial charge in [0.2, 0.25) is 0 Å². The molecule has 0 aromatic rings. The third-order valence-corrected chi connectivity index (χ3v) is 2.06. The average Bonchev–Trinajstić information content (AvgIpc) is 2.03. The summed E-state index contributed by atoms with van der Waals surface area (Å²) in [6.45, 7) is 6.49. The lowest BCUT2D eigenvalue weighted by Crippen LogP contribution is -2.16. The summed E-state index contributed by atoms with van der Waals surface area (Å²) in [7, 11) is -4.21. The molecule has 0 heterocycles. The maximum absolute atomic E-state index is 10.9. The van der Waals surface area contributed by atoms with E-state index in [9.17, 15) is 13.2 Å². The molecule has 0 aliphatic rings. The lowest BCUT2D eigenvalue weighted by molar-refractivity contribution is -0.130. The van der Waals surface area contributed by atoms with E-state index >= 15 is 0 Å². The van der Waals surface area contributed by atoms with E-state index in [2.05, 4.69) is 14.9 Å². The molecule has 0 aliphatic heterocycles. The quantitative estimate of drug-likeness (QED) is 0.498. The molecule has 0 amide bonds. The molecule has 0 N–H and O–H groups in total. The van der Waals surface area contributed by atoms with Crippen molar-refractivity contribution in [3.63, 3.8) is 0 Å². The molecule has 14 heavy (non-hydrogen) atoms. The number of carbonyl (C=O) groups excluding carboxylic acids is 1. The van der Waals surface area contributed by atoms with Gasteiger partial charge in [-0.2, -0.15) is 8.42 Å². The average molecular weight is 222 g/mol. The molecule has 0 rings (SSSR count). The highest BCUT2D eigenvalue weighted by Gasteiger charge is 2.17. The van der Waals surface area contributed by atoms with Gasteiger partial charge in [0.25, 0.3) is 0 Å². The zero-order valence-electron chi connectivity index (χ0n) is 8.28. The van der Waals surface area contributed by atoms with Crippen LogP contribution in [0.1, 0.15) is 26.7 Å². The van der Waals surface area contributed by atoms with E-state index in [4.69, 9.17) is 0 Å². The van der Waals surface area contributed by atoms with E-state index < -0.39 is 16.4 Å². The van der Waals surface area contributed by atoms with Crippen LogP contribution in [0.4, 0.5) is 0 Å². The SMILES string of the molecule is C=C(C)C(=O)OS(=O)(=O)OCCCC. The smallest absolute Gasteiger partial charge is 0.320 e. The first-order valence-electron chi connectivity index (χ1n) is 4.17. The van der Waals surface area contributed by atoms with Crippen LogP contribution in [-0.4, -0.2) is 21.0 Å². The van der Waals surface area contributed by atoms with Crippen molar-refractivity contribution in [1.82, 2.24) is 0 Å². The van der Waals surface area contributed by atoms with Gasteiger partial charge in [-0.15, -0.1) is 0 Å². The molecule has 0 unspecified atom stereocenters. The van der Waals surface area contributed by atoms with E-state index in [0.29, 0.717) is 6.42 Å². The van der Waals surface area contributed by atoms with E-state index in [-0.39, 0.29) is 12.2 Å². The van der Waals surface area contributed by atoms with Crippen molar-refractivity contribution >= 4 is 16.4 Å². The normalized spacial score (nSPS) is 11.0. The molecule has 0 radical (unpaired) electrons. The van der Waals surface area contributed by atoms with Crippen LogP contribution in [0.3, 0.4) is 0 Å². The van der Waals surface area contributed by atoms with Gasteiger partial charge in [-0.05, 0) is 13.3 Å². The van der Waals surface area contributed by atoms with Crippen LogP contribution in [0.2, 0.25) is 0 Å². The Kier molecular flexibility index (Phi) is 5.40. The number of rotatable bonds is 6. The van der Waals surface area contributed by atoms with Crippen molar-refractivity contribution in [2.75, 3.05) is 6.61 Å². The molecule has 0 bridgehead atoms. The van der Waals surface area contributed by atoms with E-state index in [1.54, 1.807) is 0 Å². The van der Waals surface area contributed by atoms with Crippen molar-refractivity contribution < 1.29 is 21.6 Å². The first kappa shape index (κ1) is 13.1. The van der Waals surface area contributed by atoms with Crippen LogP contribution < -0.4 is 0 Å². The van der Waals surface area contributed by atoms with Gasteiger partial charge in [0.1, 0.15) is 0 Å². The summed E-state index contributed by atoms with van der Waals surface area (Å²) in [4.78, 5) is 10.8. The predicted molar refractivity (Wildman–Crippen MR) is 50.7 cm³/mol. The Bertz CT molecular complexity index is 304. The Morgan fingerprint density at radius 2 is 2.00 bits per heavy atom. The Morgan fingerprint density at radius 1 is 1.43 bits per heavy atom. The summed E-state index contributed by atoms with van der Waals surface area (Å²) in [5, 5.41) is 0. The minimum atomic E-state index is -4.21. The van der Waals surface area contributed by atoms with Crippen molar-refractivity contribution in [2.24, 2.45) is 0 Å². The van der Waals surface area contributed by atoms with Crippen LogP contribution in [0, 0.1) is 0 Å². The van der Waals surface area contributed by atoms with E-state index in [1.807, 2.05) is 6.92 Å². The van der Waals surface area contributed by atoms with E-state index in [0.717, 1.165) is 6.42 Å². The second kappa shape index (κ2) is 5.77. The maximum Gasteiger partial charge on any atom is 0.451 e. The number of carbonyl (C=O) groups is 1. The van der Waals surface area contributed by atoms with Crippen molar-refractivity contribution in [3.05, 3.63) is 12.2 Å². The topological polar surface area (TPSA) is 69.7 Å². The summed E-state index contributed by atoms with van der Waals surface area (Å²) in [6.07, 6.45) is 1.38. The van der Waals surface area contributed by atoms with Gasteiger partial charge in [-0.1, -0.05) is 19.9 Å². The van der Waals surface area contributed by atoms with Crippen LogP contribution in [0.25, 0.3) is 0 Å². The third-order valence-electron chi connectivity index (χ3n) is 1.25. The van der Waals surface area contributed by atoms with Crippen LogP contribution in [-0.2, 0) is 23.6 Å². The van der Waals surface area contributed by atoms with Gasteiger partial charge in [-0.25, -0.2) is 8.98 Å². The zero-order valence-corrected chi connectivity index (χ0v) is 9.09. The second-order valence-electron chi connectivity index (χ2n) is 2.73. The van der Waals surface area contributed by atoms with Gasteiger partial charge < -0.3 is 4.18 Å². The fourth-order valence-electron chi connectivity index (χ4n) is 0.493. The highest BCUT2D eigenvalue weighted by molar-refractivity contribution is 7.82. The molecule has 0 saturated carbocycles.